The molecule has 1 aliphatic heterocycles. The SMILES string of the molecule is C1=CC2Oc3cccc(N(c4ccccc4)c4cccc5c4-c4ccccc4C54c5ccccc5-c5ccc(N(c6ccccc6)c6ccccc6)cc54)c3C2C=C1. The molecule has 0 fully saturated rings. The third-order valence-electron chi connectivity index (χ3n) is 12.6. The Morgan fingerprint density at radius 3 is 1.67 bits per heavy atom. The second-order valence-electron chi connectivity index (χ2n) is 15.5. The van der Waals surface area contributed by atoms with Gasteiger partial charge in [0.2, 0.25) is 0 Å². The van der Waals surface area contributed by atoms with E-state index in [1.807, 2.05) is 0 Å². The molecule has 8 aromatic carbocycles. The molecule has 0 amide bonds. The molecule has 3 unspecified atom stereocenters. The number of rotatable bonds is 6. The molecule has 0 saturated heterocycles. The summed E-state index contributed by atoms with van der Waals surface area (Å²) in [6, 6.07) is 71.1. The summed E-state index contributed by atoms with van der Waals surface area (Å²) < 4.78 is 6.60. The summed E-state index contributed by atoms with van der Waals surface area (Å²) in [4.78, 5) is 4.86. The Morgan fingerprint density at radius 1 is 0.397 bits per heavy atom. The minimum atomic E-state index is -0.547. The van der Waals surface area contributed by atoms with Gasteiger partial charge < -0.3 is 14.5 Å². The largest absolute Gasteiger partial charge is 0.485 e. The van der Waals surface area contributed by atoms with Crippen LogP contribution in [-0.4, -0.2) is 6.10 Å². The van der Waals surface area contributed by atoms with Crippen molar-refractivity contribution in [2.75, 3.05) is 9.80 Å². The first-order valence-corrected chi connectivity index (χ1v) is 20.2. The van der Waals surface area contributed by atoms with Crippen LogP contribution < -0.4 is 14.5 Å². The van der Waals surface area contributed by atoms with Gasteiger partial charge in [0.1, 0.15) is 11.9 Å². The van der Waals surface area contributed by atoms with Crippen LogP contribution in [0.15, 0.2) is 218 Å². The highest BCUT2D eigenvalue weighted by molar-refractivity contribution is 6.02. The number of fused-ring (bicyclic) bond motifs is 13. The van der Waals surface area contributed by atoms with Crippen molar-refractivity contribution in [3.05, 3.63) is 246 Å². The van der Waals surface area contributed by atoms with Crippen LogP contribution in [-0.2, 0) is 5.41 Å². The third kappa shape index (κ3) is 4.62. The van der Waals surface area contributed by atoms with E-state index in [0.717, 1.165) is 39.9 Å². The lowest BCUT2D eigenvalue weighted by Crippen LogP contribution is -2.26. The van der Waals surface area contributed by atoms with Crippen LogP contribution in [0.1, 0.15) is 33.7 Å². The molecule has 0 aromatic heterocycles. The minimum Gasteiger partial charge on any atom is -0.485 e. The average Bonchev–Trinajstić information content (AvgIpc) is 3.92. The van der Waals surface area contributed by atoms with Gasteiger partial charge in [-0.25, -0.2) is 0 Å². The fourth-order valence-corrected chi connectivity index (χ4v) is 10.3. The van der Waals surface area contributed by atoms with Gasteiger partial charge >= 0.3 is 0 Å². The van der Waals surface area contributed by atoms with Crippen LogP contribution in [0.2, 0.25) is 0 Å². The Morgan fingerprint density at radius 2 is 0.948 bits per heavy atom. The van der Waals surface area contributed by atoms with Crippen molar-refractivity contribution in [1.29, 1.82) is 0 Å². The van der Waals surface area contributed by atoms with Crippen LogP contribution in [0.25, 0.3) is 22.3 Å². The van der Waals surface area contributed by atoms with Crippen LogP contribution >= 0.6 is 0 Å². The monoisotopic (exact) mass is 742 g/mol. The van der Waals surface area contributed by atoms with Gasteiger partial charge in [-0.1, -0.05) is 146 Å². The van der Waals surface area contributed by atoms with Crippen molar-refractivity contribution < 1.29 is 4.74 Å². The zero-order chi connectivity index (χ0) is 38.2. The van der Waals surface area contributed by atoms with E-state index in [1.54, 1.807) is 0 Å². The van der Waals surface area contributed by atoms with E-state index in [2.05, 4.69) is 228 Å². The van der Waals surface area contributed by atoms with E-state index in [-0.39, 0.29) is 12.0 Å². The Bertz CT molecular complexity index is 2910. The standard InChI is InChI=1S/C55H38N2O/c1-4-18-37(19-5-1)56(38-20-6-2-7-21-38)40-34-35-42-41-24-10-13-27-45(41)55(48(42)36-40)46-28-14-11-25-43(46)53-47(55)29-16-30-49(53)57(39-22-8-3-9-23-39)50-31-17-33-52-54(50)44-26-12-15-32-51(44)58-52/h1-36,44,51H. The van der Waals surface area contributed by atoms with Crippen molar-refractivity contribution >= 4 is 34.1 Å². The number of para-hydroxylation sites is 3. The van der Waals surface area contributed by atoms with Gasteiger partial charge in [0.25, 0.3) is 0 Å². The van der Waals surface area contributed by atoms with Gasteiger partial charge in [0.05, 0.1) is 16.8 Å². The summed E-state index contributed by atoms with van der Waals surface area (Å²) >= 11 is 0. The van der Waals surface area contributed by atoms with E-state index in [9.17, 15) is 0 Å². The number of hydrogen-bond donors (Lipinski definition) is 0. The highest BCUT2D eigenvalue weighted by Gasteiger charge is 2.53. The van der Waals surface area contributed by atoms with Gasteiger partial charge in [0, 0.05) is 39.8 Å². The fourth-order valence-electron chi connectivity index (χ4n) is 10.3. The molecule has 0 saturated carbocycles. The second kappa shape index (κ2) is 12.8. The molecular weight excluding hydrogens is 705 g/mol. The Balaban J connectivity index is 1.14. The first kappa shape index (κ1) is 32.8. The number of ether oxygens (including phenoxy) is 1. The molecule has 274 valence electrons. The van der Waals surface area contributed by atoms with Crippen LogP contribution in [0, 0.1) is 0 Å². The summed E-state index contributed by atoms with van der Waals surface area (Å²) in [6.07, 6.45) is 8.71. The molecule has 3 aliphatic carbocycles. The van der Waals surface area contributed by atoms with Crippen LogP contribution in [0.3, 0.4) is 0 Å². The zero-order valence-electron chi connectivity index (χ0n) is 31.7. The smallest absolute Gasteiger partial charge is 0.128 e. The molecule has 3 heteroatoms. The van der Waals surface area contributed by atoms with Crippen molar-refractivity contribution in [3.8, 4) is 28.0 Å². The average molecular weight is 743 g/mol. The van der Waals surface area contributed by atoms with Crippen LogP contribution in [0.4, 0.5) is 34.1 Å². The first-order valence-electron chi connectivity index (χ1n) is 20.2. The first-order chi connectivity index (χ1) is 28.8. The quantitative estimate of drug-likeness (QED) is 0.169. The topological polar surface area (TPSA) is 15.7 Å². The lowest BCUT2D eigenvalue weighted by molar-refractivity contribution is 0.269. The summed E-state index contributed by atoms with van der Waals surface area (Å²) in [5.74, 6) is 1.07. The number of anilines is 6. The second-order valence-corrected chi connectivity index (χ2v) is 15.5. The van der Waals surface area contributed by atoms with Crippen molar-refractivity contribution in [2.45, 2.75) is 17.4 Å². The molecule has 0 N–H and O–H groups in total. The minimum absolute atomic E-state index is 0.0173. The molecular formula is C55H38N2O. The molecule has 3 nitrogen and oxygen atoms in total. The molecule has 0 radical (unpaired) electrons. The Kier molecular flexibility index (Phi) is 7.27. The summed E-state index contributed by atoms with van der Waals surface area (Å²) in [6.45, 7) is 0. The summed E-state index contributed by atoms with van der Waals surface area (Å²) in [5.41, 5.74) is 17.7. The number of hydrogen-bond acceptors (Lipinski definition) is 3. The lowest BCUT2D eigenvalue weighted by Gasteiger charge is -2.33. The van der Waals surface area contributed by atoms with Crippen LogP contribution in [0.5, 0.6) is 5.75 Å². The molecule has 4 aliphatic rings. The Hall–Kier alpha value is -7.36. The highest BCUT2D eigenvalue weighted by atomic mass is 16.5. The van der Waals surface area contributed by atoms with Gasteiger partial charge in [-0.2, -0.15) is 0 Å². The van der Waals surface area contributed by atoms with E-state index in [0.29, 0.717) is 0 Å². The fraction of sp³-hybridized carbons (Fsp3) is 0.0545. The van der Waals surface area contributed by atoms with Crippen molar-refractivity contribution in [1.82, 2.24) is 0 Å². The van der Waals surface area contributed by atoms with Gasteiger partial charge in [-0.15, -0.1) is 0 Å². The maximum Gasteiger partial charge on any atom is 0.128 e. The normalized spacial score (nSPS) is 18.4. The highest BCUT2D eigenvalue weighted by Crippen LogP contribution is 2.65. The van der Waals surface area contributed by atoms with E-state index in [4.69, 9.17) is 4.74 Å². The van der Waals surface area contributed by atoms with E-state index >= 15 is 0 Å². The van der Waals surface area contributed by atoms with Gasteiger partial charge in [0.15, 0.2) is 0 Å². The maximum absolute atomic E-state index is 6.60. The molecule has 12 rings (SSSR count). The number of allylic oxidation sites excluding steroid dienone is 2. The molecule has 58 heavy (non-hydrogen) atoms. The zero-order valence-corrected chi connectivity index (χ0v) is 31.7. The molecule has 1 heterocycles. The predicted molar refractivity (Wildman–Crippen MR) is 238 cm³/mol. The summed E-state index contributed by atoms with van der Waals surface area (Å²) in [5, 5.41) is 0. The molecule has 0 bridgehead atoms. The molecule has 8 aromatic rings. The van der Waals surface area contributed by atoms with E-state index < -0.39 is 5.41 Å². The number of benzene rings is 8. The van der Waals surface area contributed by atoms with E-state index in [1.165, 1.54) is 50.1 Å². The lowest BCUT2D eigenvalue weighted by atomic mass is 9.70. The molecule has 3 atom stereocenters. The Labute approximate surface area is 339 Å². The summed E-state index contributed by atoms with van der Waals surface area (Å²) in [7, 11) is 0. The third-order valence-corrected chi connectivity index (χ3v) is 12.6. The van der Waals surface area contributed by atoms with Gasteiger partial charge in [-0.3, -0.25) is 0 Å². The van der Waals surface area contributed by atoms with Crippen molar-refractivity contribution in [2.24, 2.45) is 0 Å². The number of nitrogens with zero attached hydrogens (tertiary/aromatic N) is 2. The van der Waals surface area contributed by atoms with Crippen molar-refractivity contribution in [3.63, 3.8) is 0 Å². The predicted octanol–water partition coefficient (Wildman–Crippen LogP) is 13.9. The van der Waals surface area contributed by atoms with Gasteiger partial charge in [-0.05, 0) is 112 Å². The maximum atomic E-state index is 6.60. The molecule has 1 spiro atoms.